The fourth-order valence-electron chi connectivity index (χ4n) is 0.757. The van der Waals surface area contributed by atoms with Gasteiger partial charge in [-0.05, 0) is 31.9 Å². The third kappa shape index (κ3) is 2.37. The van der Waals surface area contributed by atoms with E-state index in [4.69, 9.17) is 4.74 Å². The Morgan fingerprint density at radius 2 is 2.08 bits per heavy atom. The first kappa shape index (κ1) is 10.8. The van der Waals surface area contributed by atoms with Crippen molar-refractivity contribution in [2.45, 2.75) is 6.43 Å². The van der Waals surface area contributed by atoms with Crippen molar-refractivity contribution in [3.8, 4) is 5.88 Å². The van der Waals surface area contributed by atoms with Gasteiger partial charge in [0.25, 0.3) is 6.43 Å². The Balaban J connectivity index is 3.25. The number of hydrogen-bond donors (Lipinski definition) is 0. The average Bonchev–Trinajstić information content (AvgIpc) is 2.09. The van der Waals surface area contributed by atoms with Crippen molar-refractivity contribution in [2.75, 3.05) is 7.11 Å². The van der Waals surface area contributed by atoms with E-state index >= 15 is 0 Å². The van der Waals surface area contributed by atoms with E-state index < -0.39 is 6.43 Å². The van der Waals surface area contributed by atoms with Gasteiger partial charge in [-0.2, -0.15) is 0 Å². The summed E-state index contributed by atoms with van der Waals surface area (Å²) >= 11 is 6.03. The van der Waals surface area contributed by atoms with Crippen LogP contribution in [0.3, 0.4) is 0 Å². The number of alkyl halides is 2. The first-order valence-corrected chi connectivity index (χ1v) is 4.83. The van der Waals surface area contributed by atoms with E-state index in [1.165, 1.54) is 13.2 Å². The predicted octanol–water partition coefficient (Wildman–Crippen LogP) is 3.55. The molecule has 0 amide bonds. The maximum absolute atomic E-state index is 12.4. The number of aromatic nitrogens is 1. The van der Waals surface area contributed by atoms with Gasteiger partial charge >= 0.3 is 0 Å². The Bertz CT molecular complexity index is 320. The van der Waals surface area contributed by atoms with Crippen molar-refractivity contribution in [1.82, 2.24) is 4.98 Å². The number of methoxy groups -OCH3 is 1. The van der Waals surface area contributed by atoms with Crippen LogP contribution in [-0.4, -0.2) is 12.1 Å². The Morgan fingerprint density at radius 3 is 2.54 bits per heavy atom. The molecule has 0 bridgehead atoms. The molecular weight excluding hydrogens is 312 g/mol. The first-order chi connectivity index (χ1) is 6.06. The molecule has 0 unspecified atom stereocenters. The van der Waals surface area contributed by atoms with Gasteiger partial charge in [0.05, 0.1) is 11.6 Å². The quantitative estimate of drug-likeness (QED) is 0.778. The largest absolute Gasteiger partial charge is 0.481 e. The summed E-state index contributed by atoms with van der Waals surface area (Å²) in [7, 11) is 1.37. The fourth-order valence-corrected chi connectivity index (χ4v) is 1.54. The van der Waals surface area contributed by atoms with E-state index in [-0.39, 0.29) is 15.9 Å². The molecule has 0 N–H and O–H groups in total. The van der Waals surface area contributed by atoms with Crippen molar-refractivity contribution in [3.05, 3.63) is 20.7 Å². The summed E-state index contributed by atoms with van der Waals surface area (Å²) in [6.45, 7) is 0. The highest BCUT2D eigenvalue weighted by atomic mass is 79.9. The van der Waals surface area contributed by atoms with Crippen molar-refractivity contribution >= 4 is 31.9 Å². The van der Waals surface area contributed by atoms with Crippen LogP contribution in [0.4, 0.5) is 8.78 Å². The van der Waals surface area contributed by atoms with Gasteiger partial charge < -0.3 is 4.74 Å². The lowest BCUT2D eigenvalue weighted by Gasteiger charge is -2.06. The standard InChI is InChI=1S/C7H5Br2F2NO/c1-13-4-2-3(7(10)11)5(8)6(9)12-4/h2,7H,1H3. The van der Waals surface area contributed by atoms with Gasteiger partial charge in [0.15, 0.2) is 0 Å². The third-order valence-corrected chi connectivity index (χ3v) is 3.31. The molecule has 0 saturated heterocycles. The second kappa shape index (κ2) is 4.32. The van der Waals surface area contributed by atoms with Gasteiger partial charge in [0, 0.05) is 11.6 Å². The number of halogens is 4. The number of hydrogen-bond acceptors (Lipinski definition) is 2. The zero-order valence-electron chi connectivity index (χ0n) is 6.52. The van der Waals surface area contributed by atoms with Crippen LogP contribution in [0, 0.1) is 0 Å². The van der Waals surface area contributed by atoms with Crippen LogP contribution in [0.25, 0.3) is 0 Å². The lowest BCUT2D eigenvalue weighted by Crippen LogP contribution is -1.94. The molecule has 0 fully saturated rings. The molecule has 0 aromatic carbocycles. The minimum atomic E-state index is -2.55. The van der Waals surface area contributed by atoms with Crippen LogP contribution < -0.4 is 4.74 Å². The molecule has 1 aromatic rings. The Hall–Kier alpha value is -0.230. The summed E-state index contributed by atoms with van der Waals surface area (Å²) in [5, 5.41) is 0. The molecule has 0 aliphatic heterocycles. The SMILES string of the molecule is COc1cc(C(F)F)c(Br)c(Br)n1. The van der Waals surface area contributed by atoms with Gasteiger partial charge in [-0.25, -0.2) is 13.8 Å². The second-order valence-corrected chi connectivity index (χ2v) is 3.70. The summed E-state index contributed by atoms with van der Waals surface area (Å²) in [5.41, 5.74) is -0.140. The van der Waals surface area contributed by atoms with Gasteiger partial charge in [-0.1, -0.05) is 0 Å². The predicted molar refractivity (Wildman–Crippen MR) is 51.1 cm³/mol. The van der Waals surface area contributed by atoms with Crippen LogP contribution in [-0.2, 0) is 0 Å². The van der Waals surface area contributed by atoms with E-state index in [1.807, 2.05) is 0 Å². The fraction of sp³-hybridized carbons (Fsp3) is 0.286. The summed E-state index contributed by atoms with van der Waals surface area (Å²) in [6, 6.07) is 1.19. The van der Waals surface area contributed by atoms with Gasteiger partial charge in [0.1, 0.15) is 4.60 Å². The van der Waals surface area contributed by atoms with Crippen LogP contribution in [0.1, 0.15) is 12.0 Å². The highest BCUT2D eigenvalue weighted by Crippen LogP contribution is 2.34. The van der Waals surface area contributed by atoms with Crippen LogP contribution in [0.15, 0.2) is 15.1 Å². The van der Waals surface area contributed by atoms with Crippen molar-refractivity contribution < 1.29 is 13.5 Å². The molecule has 6 heteroatoms. The maximum Gasteiger partial charge on any atom is 0.265 e. The smallest absolute Gasteiger partial charge is 0.265 e. The highest BCUT2D eigenvalue weighted by molar-refractivity contribution is 9.13. The molecular formula is C7H5Br2F2NO. The van der Waals surface area contributed by atoms with E-state index in [0.29, 0.717) is 4.60 Å². The minimum absolute atomic E-state index is 0.140. The molecule has 0 aliphatic carbocycles. The Kier molecular flexibility index (Phi) is 3.61. The van der Waals surface area contributed by atoms with E-state index in [1.54, 1.807) is 0 Å². The third-order valence-electron chi connectivity index (χ3n) is 1.37. The van der Waals surface area contributed by atoms with E-state index in [0.717, 1.165) is 0 Å². The van der Waals surface area contributed by atoms with Crippen LogP contribution in [0.5, 0.6) is 5.88 Å². The van der Waals surface area contributed by atoms with Gasteiger partial charge in [0.2, 0.25) is 5.88 Å². The topological polar surface area (TPSA) is 22.1 Å². The Labute approximate surface area is 90.6 Å². The number of pyridine rings is 1. The number of nitrogens with zero attached hydrogens (tertiary/aromatic N) is 1. The molecule has 1 aromatic heterocycles. The van der Waals surface area contributed by atoms with E-state index in [9.17, 15) is 8.78 Å². The maximum atomic E-state index is 12.4. The summed E-state index contributed by atoms with van der Waals surface area (Å²) in [4.78, 5) is 3.85. The van der Waals surface area contributed by atoms with Crippen molar-refractivity contribution in [3.63, 3.8) is 0 Å². The minimum Gasteiger partial charge on any atom is -0.481 e. The molecule has 2 nitrogen and oxygen atoms in total. The molecule has 0 aliphatic rings. The lowest BCUT2D eigenvalue weighted by atomic mass is 10.3. The average molecular weight is 317 g/mol. The van der Waals surface area contributed by atoms with Gasteiger partial charge in [-0.3, -0.25) is 0 Å². The monoisotopic (exact) mass is 315 g/mol. The van der Waals surface area contributed by atoms with Crippen LogP contribution in [0.2, 0.25) is 0 Å². The zero-order valence-corrected chi connectivity index (χ0v) is 9.69. The second-order valence-electron chi connectivity index (χ2n) is 2.16. The molecule has 0 saturated carbocycles. The van der Waals surface area contributed by atoms with Crippen molar-refractivity contribution in [1.29, 1.82) is 0 Å². The normalized spacial score (nSPS) is 10.6. The molecule has 0 radical (unpaired) electrons. The van der Waals surface area contributed by atoms with Crippen molar-refractivity contribution in [2.24, 2.45) is 0 Å². The van der Waals surface area contributed by atoms with Crippen LogP contribution >= 0.6 is 31.9 Å². The Morgan fingerprint density at radius 1 is 1.46 bits per heavy atom. The molecule has 72 valence electrons. The molecule has 1 rings (SSSR count). The zero-order chi connectivity index (χ0) is 10.0. The first-order valence-electron chi connectivity index (χ1n) is 3.24. The number of ether oxygens (including phenoxy) is 1. The molecule has 0 atom stereocenters. The summed E-state index contributed by atoms with van der Waals surface area (Å²) in [5.74, 6) is 0.158. The molecule has 0 spiro atoms. The lowest BCUT2D eigenvalue weighted by molar-refractivity contribution is 0.150. The molecule has 13 heavy (non-hydrogen) atoms. The van der Waals surface area contributed by atoms with E-state index in [2.05, 4.69) is 36.8 Å². The summed E-state index contributed by atoms with van der Waals surface area (Å²) < 4.78 is 30.1. The van der Waals surface area contributed by atoms with Gasteiger partial charge in [-0.15, -0.1) is 0 Å². The molecule has 1 heterocycles. The highest BCUT2D eigenvalue weighted by Gasteiger charge is 2.16. The number of rotatable bonds is 2. The summed E-state index contributed by atoms with van der Waals surface area (Å²) in [6.07, 6.45) is -2.55.